The van der Waals surface area contributed by atoms with Gasteiger partial charge in [0.05, 0.1) is 20.8 Å². The maximum absolute atomic E-state index is 13.2. The van der Waals surface area contributed by atoms with Crippen LogP contribution < -0.4 is 0 Å². The Morgan fingerprint density at radius 1 is 1.62 bits per heavy atom. The predicted molar refractivity (Wildman–Crippen MR) is 50.3 cm³/mol. The number of nitro benzene ring substituents is 1. The highest BCUT2D eigenvalue weighted by molar-refractivity contribution is 9.10. The van der Waals surface area contributed by atoms with Crippen molar-refractivity contribution in [1.29, 1.82) is 0 Å². The van der Waals surface area contributed by atoms with Gasteiger partial charge >= 0.3 is 0 Å². The van der Waals surface area contributed by atoms with Gasteiger partial charge in [0.15, 0.2) is 0 Å². The maximum Gasteiger partial charge on any atom is 0.276 e. The van der Waals surface area contributed by atoms with Crippen molar-refractivity contribution >= 4 is 33.2 Å². The van der Waals surface area contributed by atoms with Crippen LogP contribution in [0.1, 0.15) is 5.56 Å². The summed E-state index contributed by atoms with van der Waals surface area (Å²) in [6.45, 7) is 0. The molecule has 1 rings (SSSR count). The first-order valence-electron chi connectivity index (χ1n) is 3.25. The summed E-state index contributed by atoms with van der Waals surface area (Å²) in [6, 6.07) is 2.49. The molecule has 6 heteroatoms. The van der Waals surface area contributed by atoms with Crippen LogP contribution in [0.2, 0.25) is 0 Å². The van der Waals surface area contributed by atoms with Crippen LogP contribution >= 0.6 is 27.5 Å². The van der Waals surface area contributed by atoms with Crippen molar-refractivity contribution in [3.63, 3.8) is 0 Å². The molecule has 0 fully saturated rings. The molecule has 0 spiro atoms. The van der Waals surface area contributed by atoms with Crippen molar-refractivity contribution in [2.45, 2.75) is 5.88 Å². The van der Waals surface area contributed by atoms with Crippen LogP contribution in [0.25, 0.3) is 0 Å². The van der Waals surface area contributed by atoms with Gasteiger partial charge in [-0.3, -0.25) is 10.1 Å². The van der Waals surface area contributed by atoms with E-state index >= 15 is 0 Å². The minimum Gasteiger partial charge on any atom is -0.258 e. The highest BCUT2D eigenvalue weighted by Crippen LogP contribution is 2.28. The van der Waals surface area contributed by atoms with E-state index in [-0.39, 0.29) is 21.6 Å². The summed E-state index contributed by atoms with van der Waals surface area (Å²) >= 11 is 8.30. The Morgan fingerprint density at radius 3 is 2.69 bits per heavy atom. The van der Waals surface area contributed by atoms with Crippen molar-refractivity contribution in [2.75, 3.05) is 0 Å². The van der Waals surface area contributed by atoms with Gasteiger partial charge in [0.2, 0.25) is 0 Å². The first-order valence-corrected chi connectivity index (χ1v) is 4.58. The Labute approximate surface area is 86.8 Å². The summed E-state index contributed by atoms with van der Waals surface area (Å²) in [5, 5.41) is 10.4. The van der Waals surface area contributed by atoms with Crippen molar-refractivity contribution in [1.82, 2.24) is 0 Å². The largest absolute Gasteiger partial charge is 0.276 e. The van der Waals surface area contributed by atoms with E-state index in [0.29, 0.717) is 0 Å². The lowest BCUT2D eigenvalue weighted by Gasteiger charge is -2.01. The zero-order chi connectivity index (χ0) is 10.0. The van der Waals surface area contributed by atoms with Crippen molar-refractivity contribution < 1.29 is 9.31 Å². The highest BCUT2D eigenvalue weighted by atomic mass is 79.9. The lowest BCUT2D eigenvalue weighted by Crippen LogP contribution is -1.97. The summed E-state index contributed by atoms with van der Waals surface area (Å²) in [6.07, 6.45) is 0. The third-order valence-electron chi connectivity index (χ3n) is 1.50. The molecule has 0 aliphatic rings. The maximum atomic E-state index is 13.2. The van der Waals surface area contributed by atoms with Crippen LogP contribution in [0.15, 0.2) is 16.6 Å². The molecule has 0 radical (unpaired) electrons. The number of halogens is 3. The lowest BCUT2D eigenvalue weighted by atomic mass is 10.2. The number of alkyl halides is 1. The second-order valence-corrected chi connectivity index (χ2v) is 3.37. The van der Waals surface area contributed by atoms with Gasteiger partial charge in [-0.05, 0) is 22.0 Å². The molecule has 0 atom stereocenters. The van der Waals surface area contributed by atoms with Crippen molar-refractivity contribution in [3.8, 4) is 0 Å². The smallest absolute Gasteiger partial charge is 0.258 e. The van der Waals surface area contributed by atoms with Crippen LogP contribution in [0.5, 0.6) is 0 Å². The molecule has 1 aromatic rings. The zero-order valence-electron chi connectivity index (χ0n) is 6.26. The Hall–Kier alpha value is -0.680. The zero-order valence-corrected chi connectivity index (χ0v) is 8.60. The standard InChI is InChI=1S/C7H4BrClFNO2/c8-5-1-2-6(11(12)13)4(3-9)7(5)10/h1-2H,3H2. The number of rotatable bonds is 2. The van der Waals surface area contributed by atoms with Gasteiger partial charge in [0.1, 0.15) is 5.82 Å². The normalized spacial score (nSPS) is 10.1. The molecule has 0 heterocycles. The molecule has 0 amide bonds. The van der Waals surface area contributed by atoms with Crippen LogP contribution in [0, 0.1) is 15.9 Å². The van der Waals surface area contributed by atoms with E-state index in [4.69, 9.17) is 11.6 Å². The molecule has 0 saturated heterocycles. The molecule has 0 aliphatic carbocycles. The molecule has 70 valence electrons. The SMILES string of the molecule is O=[N+]([O-])c1ccc(Br)c(F)c1CCl. The Kier molecular flexibility index (Phi) is 3.22. The third kappa shape index (κ3) is 1.97. The van der Waals surface area contributed by atoms with E-state index in [1.165, 1.54) is 12.1 Å². The minimum absolute atomic E-state index is 0.0963. The van der Waals surface area contributed by atoms with Gasteiger partial charge in [-0.1, -0.05) is 0 Å². The van der Waals surface area contributed by atoms with Crippen LogP contribution in [-0.4, -0.2) is 4.92 Å². The molecular formula is C7H4BrClFNO2. The van der Waals surface area contributed by atoms with Crippen LogP contribution in [0.4, 0.5) is 10.1 Å². The van der Waals surface area contributed by atoms with E-state index in [2.05, 4.69) is 15.9 Å². The fraction of sp³-hybridized carbons (Fsp3) is 0.143. The molecule has 0 aliphatic heterocycles. The summed E-state index contributed by atoms with van der Waals surface area (Å²) in [7, 11) is 0. The van der Waals surface area contributed by atoms with Crippen LogP contribution in [-0.2, 0) is 5.88 Å². The molecule has 0 aromatic heterocycles. The number of nitrogens with zero attached hydrogens (tertiary/aromatic N) is 1. The molecule has 3 nitrogen and oxygen atoms in total. The average molecular weight is 268 g/mol. The van der Waals surface area contributed by atoms with Gasteiger partial charge in [0, 0.05) is 6.07 Å². The molecule has 0 N–H and O–H groups in total. The van der Waals surface area contributed by atoms with Gasteiger partial charge < -0.3 is 0 Å². The first-order chi connectivity index (χ1) is 6.07. The first kappa shape index (κ1) is 10.4. The summed E-state index contributed by atoms with van der Waals surface area (Å²) < 4.78 is 13.4. The van der Waals surface area contributed by atoms with E-state index < -0.39 is 10.7 Å². The second-order valence-electron chi connectivity index (χ2n) is 2.25. The van der Waals surface area contributed by atoms with Gasteiger partial charge in [-0.15, -0.1) is 11.6 Å². The fourth-order valence-corrected chi connectivity index (χ4v) is 1.51. The Balaban J connectivity index is 3.38. The minimum atomic E-state index is -0.677. The molecule has 0 bridgehead atoms. The number of nitro groups is 1. The fourth-order valence-electron chi connectivity index (χ4n) is 0.881. The van der Waals surface area contributed by atoms with E-state index in [0.717, 1.165) is 0 Å². The topological polar surface area (TPSA) is 43.1 Å². The molecule has 0 unspecified atom stereocenters. The molecule has 13 heavy (non-hydrogen) atoms. The number of hydrogen-bond acceptors (Lipinski definition) is 2. The monoisotopic (exact) mass is 267 g/mol. The molecular weight excluding hydrogens is 264 g/mol. The third-order valence-corrected chi connectivity index (χ3v) is 2.38. The van der Waals surface area contributed by atoms with E-state index in [1.54, 1.807) is 0 Å². The van der Waals surface area contributed by atoms with Crippen molar-refractivity contribution in [3.05, 3.63) is 38.1 Å². The quantitative estimate of drug-likeness (QED) is 0.469. The van der Waals surface area contributed by atoms with Crippen molar-refractivity contribution in [2.24, 2.45) is 0 Å². The number of benzene rings is 1. The average Bonchev–Trinajstić information content (AvgIpc) is 2.09. The lowest BCUT2D eigenvalue weighted by molar-refractivity contribution is -0.385. The molecule has 0 saturated carbocycles. The highest BCUT2D eigenvalue weighted by Gasteiger charge is 2.18. The Morgan fingerprint density at radius 2 is 2.23 bits per heavy atom. The van der Waals surface area contributed by atoms with Gasteiger partial charge in [-0.25, -0.2) is 4.39 Å². The number of hydrogen-bond donors (Lipinski definition) is 0. The van der Waals surface area contributed by atoms with Gasteiger partial charge in [-0.2, -0.15) is 0 Å². The summed E-state index contributed by atoms with van der Waals surface area (Å²) in [5.41, 5.74) is -0.392. The molecule has 1 aromatic carbocycles. The predicted octanol–water partition coefficient (Wildman–Crippen LogP) is 3.24. The van der Waals surface area contributed by atoms with Crippen LogP contribution in [0.3, 0.4) is 0 Å². The van der Waals surface area contributed by atoms with E-state index in [1.807, 2.05) is 0 Å². The van der Waals surface area contributed by atoms with Gasteiger partial charge in [0.25, 0.3) is 5.69 Å². The second kappa shape index (κ2) is 4.02. The van der Waals surface area contributed by atoms with E-state index in [9.17, 15) is 14.5 Å². The summed E-state index contributed by atoms with van der Waals surface area (Å²) in [4.78, 5) is 9.75. The summed E-state index contributed by atoms with van der Waals surface area (Å²) in [5.74, 6) is -0.897. The Bertz CT molecular complexity index is 359.